The number of amides is 2. The molecule has 0 aliphatic carbocycles. The van der Waals surface area contributed by atoms with Crippen molar-refractivity contribution in [1.82, 2.24) is 20.1 Å². The van der Waals surface area contributed by atoms with Gasteiger partial charge >= 0.3 is 0 Å². The zero-order valence-corrected chi connectivity index (χ0v) is 45.9. The summed E-state index contributed by atoms with van der Waals surface area (Å²) in [6, 6.07) is 28.3. The number of nitrogens with zero attached hydrogens (tertiary/aromatic N) is 4. The molecule has 410 valence electrons. The average Bonchev–Trinajstić information content (AvgIpc) is 4.31. The fraction of sp³-hybridized carbons (Fsp3) is 0.393. The number of carbonyl (C=O) groups is 3. The minimum atomic E-state index is -0.0830. The van der Waals surface area contributed by atoms with Crippen molar-refractivity contribution < 1.29 is 42.6 Å². The lowest BCUT2D eigenvalue weighted by atomic mass is 10.0. The largest absolute Gasteiger partial charge is 0.486 e. The summed E-state index contributed by atoms with van der Waals surface area (Å²) in [6.45, 7) is 6.73. The van der Waals surface area contributed by atoms with E-state index in [1.54, 1.807) is 11.3 Å². The van der Waals surface area contributed by atoms with Crippen LogP contribution in [0.4, 0.5) is 17.1 Å². The van der Waals surface area contributed by atoms with Crippen molar-refractivity contribution >= 4 is 87.4 Å². The van der Waals surface area contributed by atoms with Crippen LogP contribution >= 0.6 is 22.9 Å². The normalized spacial score (nSPS) is 14.5. The van der Waals surface area contributed by atoms with Crippen molar-refractivity contribution in [3.05, 3.63) is 146 Å². The predicted octanol–water partition coefficient (Wildman–Crippen LogP) is 10.6. The lowest BCUT2D eigenvalue weighted by molar-refractivity contribution is -0.503. The molecule has 17 heteroatoms. The molecule has 4 aliphatic rings. The minimum Gasteiger partial charge on any atom is -0.486 e. The standard InChI is InChI=1S/C61H70ClN7O8S/c62-47-16-24-55-56(40-47)66-61(67-28-6-3-7-29-67)53-39-46(15-23-54(53)65-55)42-64-60(72)26-30-73-32-34-75-36-37-76-35-33-74-31-27-63-59(71)11-5-2-1-4-9-51(70)43-77-52-21-13-45(14-22-52)12-17-48-18-19-49-41-50-20-25-57(58-10-8-38-78-58)69(50)44-68(48)49/h8,10,12-25,38-41H,1-7,9,11,26-37,42-44H2,(H2-,63,64,65,66,71,72)/p+1/b17-12+. The molecule has 0 unspecified atom stereocenters. The second kappa shape index (κ2) is 29.4. The Labute approximate surface area is 466 Å². The third-order valence-electron chi connectivity index (χ3n) is 13.8. The van der Waals surface area contributed by atoms with Gasteiger partial charge in [-0.3, -0.25) is 19.0 Å². The van der Waals surface area contributed by atoms with Crippen LogP contribution in [0.1, 0.15) is 97.2 Å². The Hall–Kier alpha value is -6.66. The van der Waals surface area contributed by atoms with Gasteiger partial charge in [-0.2, -0.15) is 4.58 Å². The number of nitrogens with one attached hydrogen (secondary N) is 3. The van der Waals surface area contributed by atoms with E-state index >= 15 is 0 Å². The number of hydrogen-bond donors (Lipinski definition) is 3. The fourth-order valence-electron chi connectivity index (χ4n) is 9.62. The molecule has 4 aliphatic heterocycles. The second-order valence-electron chi connectivity index (χ2n) is 19.6. The molecule has 5 aromatic rings. The summed E-state index contributed by atoms with van der Waals surface area (Å²) in [6.07, 6.45) is 18.8. The topological polar surface area (TPSA) is 157 Å². The van der Waals surface area contributed by atoms with Crippen LogP contribution in [-0.4, -0.2) is 122 Å². The third kappa shape index (κ3) is 16.4. The molecule has 0 bridgehead atoms. The highest BCUT2D eigenvalue weighted by atomic mass is 35.5. The predicted molar refractivity (Wildman–Crippen MR) is 309 cm³/mol. The number of halogens is 1. The van der Waals surface area contributed by atoms with Crippen molar-refractivity contribution in [3.63, 3.8) is 0 Å². The summed E-state index contributed by atoms with van der Waals surface area (Å²) in [5.41, 5.74) is 10.5. The number of aliphatic imine (C=N–C) groups is 1. The van der Waals surface area contributed by atoms with E-state index in [1.165, 1.54) is 28.4 Å². The van der Waals surface area contributed by atoms with Crippen LogP contribution in [-0.2, 0) is 46.5 Å². The fourth-order valence-corrected chi connectivity index (χ4v) is 10.5. The van der Waals surface area contributed by atoms with Crippen LogP contribution in [0.5, 0.6) is 5.75 Å². The quantitative estimate of drug-likeness (QED) is 0.0299. The number of allylic oxidation sites excluding steroid dienone is 2. The maximum absolute atomic E-state index is 12.7. The third-order valence-corrected chi connectivity index (χ3v) is 15.0. The van der Waals surface area contributed by atoms with Crippen molar-refractivity contribution in [2.75, 3.05) is 84.4 Å². The molecule has 1 fully saturated rings. The number of ketones is 1. The Bertz CT molecular complexity index is 2980. The van der Waals surface area contributed by atoms with Crippen LogP contribution in [0, 0.1) is 0 Å². The molecule has 0 saturated carbocycles. The lowest BCUT2D eigenvalue weighted by Crippen LogP contribution is -2.36. The first kappa shape index (κ1) is 56.1. The number of amidine groups is 1. The van der Waals surface area contributed by atoms with Gasteiger partial charge in [0, 0.05) is 85.6 Å². The number of likely N-dealkylation sites (tertiary alicyclic amines) is 1. The number of aromatic nitrogens is 1. The highest BCUT2D eigenvalue weighted by Crippen LogP contribution is 2.37. The van der Waals surface area contributed by atoms with Crippen LogP contribution in [0.3, 0.4) is 0 Å². The molecule has 0 spiro atoms. The Kier molecular flexibility index (Phi) is 21.1. The van der Waals surface area contributed by atoms with E-state index in [4.69, 9.17) is 40.3 Å². The number of anilines is 2. The molecule has 1 saturated heterocycles. The summed E-state index contributed by atoms with van der Waals surface area (Å²) >= 11 is 8.10. The first-order chi connectivity index (χ1) is 38.3. The number of unbranched alkanes of at least 4 members (excludes halogenated alkanes) is 3. The monoisotopic (exact) mass is 1100 g/mol. The summed E-state index contributed by atoms with van der Waals surface area (Å²) < 4.78 is 32.8. The SMILES string of the molecule is O=C(CCCCCCC(=O)NCCOCCOCCOCCOCCC(=O)NCc1ccc2c(c1)C(N1CCCCC1)=Nc1cc(Cl)ccc1N2)COc1ccc(/C=C/c2ccc3n2C[N+]2=C(c4cccs4)C=CC2=C3)cc1. The van der Waals surface area contributed by atoms with Gasteiger partial charge in [0.1, 0.15) is 18.2 Å². The number of hydrogen-bond acceptors (Lipinski definition) is 12. The molecule has 3 aromatic carbocycles. The van der Waals surface area contributed by atoms with Gasteiger partial charge in [0.25, 0.3) is 0 Å². The van der Waals surface area contributed by atoms with Gasteiger partial charge < -0.3 is 44.5 Å². The van der Waals surface area contributed by atoms with Crippen molar-refractivity contribution in [2.24, 2.45) is 4.99 Å². The Morgan fingerprint density at radius 2 is 1.47 bits per heavy atom. The highest BCUT2D eigenvalue weighted by Gasteiger charge is 2.30. The van der Waals surface area contributed by atoms with E-state index in [0.29, 0.717) is 89.6 Å². The second-order valence-corrected chi connectivity index (χ2v) is 20.9. The maximum Gasteiger partial charge on any atom is 0.229 e. The molecule has 78 heavy (non-hydrogen) atoms. The minimum absolute atomic E-state index is 0.00152. The number of thiophene rings is 1. The molecule has 6 heterocycles. The van der Waals surface area contributed by atoms with Gasteiger partial charge in [0.05, 0.1) is 74.8 Å². The molecule has 2 aromatic heterocycles. The van der Waals surface area contributed by atoms with E-state index in [9.17, 15) is 14.4 Å². The molecule has 3 N–H and O–H groups in total. The van der Waals surface area contributed by atoms with E-state index in [1.807, 2.05) is 48.5 Å². The first-order valence-electron chi connectivity index (χ1n) is 27.4. The zero-order chi connectivity index (χ0) is 53.7. The molecular weight excluding hydrogens is 1030 g/mol. The molecular formula is C61H71ClN7O8S+. The van der Waals surface area contributed by atoms with Crippen molar-refractivity contribution in [2.45, 2.75) is 77.4 Å². The van der Waals surface area contributed by atoms with Crippen LogP contribution < -0.4 is 20.7 Å². The number of rotatable bonds is 30. The molecule has 9 rings (SSSR count). The zero-order valence-electron chi connectivity index (χ0n) is 44.4. The highest BCUT2D eigenvalue weighted by molar-refractivity contribution is 7.12. The number of piperidine rings is 1. The summed E-state index contributed by atoms with van der Waals surface area (Å²) in [5, 5.41) is 12.2. The number of ether oxygens (including phenoxy) is 5. The van der Waals surface area contributed by atoms with E-state index in [0.717, 1.165) is 104 Å². The van der Waals surface area contributed by atoms with Gasteiger partial charge in [0.15, 0.2) is 5.78 Å². The van der Waals surface area contributed by atoms with Crippen LogP contribution in [0.25, 0.3) is 18.2 Å². The van der Waals surface area contributed by atoms with Gasteiger partial charge in [0.2, 0.25) is 29.9 Å². The number of Topliss-reactive ketones (excluding diaryl/α,β-unsaturated/α-hetero) is 1. The Morgan fingerprint density at radius 3 is 2.26 bits per heavy atom. The maximum atomic E-state index is 12.7. The van der Waals surface area contributed by atoms with Gasteiger partial charge in [-0.15, -0.1) is 11.3 Å². The number of fused-ring (bicyclic) bond motifs is 4. The average molecular weight is 1100 g/mol. The van der Waals surface area contributed by atoms with Gasteiger partial charge in [-0.1, -0.05) is 54.8 Å². The van der Waals surface area contributed by atoms with Gasteiger partial charge in [-0.05, 0) is 115 Å². The molecule has 0 radical (unpaired) electrons. The smallest absolute Gasteiger partial charge is 0.229 e. The Morgan fingerprint density at radius 1 is 0.731 bits per heavy atom. The Balaban J connectivity index is 0.529. The van der Waals surface area contributed by atoms with E-state index in [-0.39, 0.29) is 30.6 Å². The summed E-state index contributed by atoms with van der Waals surface area (Å²) in [5.74, 6) is 1.58. The van der Waals surface area contributed by atoms with E-state index in [2.05, 4.69) is 102 Å². The first-order valence-corrected chi connectivity index (χ1v) is 28.7. The molecule has 2 amide bonds. The number of benzene rings is 3. The van der Waals surface area contributed by atoms with Crippen molar-refractivity contribution in [1.29, 1.82) is 0 Å². The summed E-state index contributed by atoms with van der Waals surface area (Å²) in [7, 11) is 0. The van der Waals surface area contributed by atoms with Gasteiger partial charge in [-0.25, -0.2) is 4.99 Å². The van der Waals surface area contributed by atoms with E-state index < -0.39 is 0 Å². The van der Waals surface area contributed by atoms with Crippen LogP contribution in [0.15, 0.2) is 113 Å². The van der Waals surface area contributed by atoms with Crippen molar-refractivity contribution in [3.8, 4) is 5.75 Å². The molecule has 0 atom stereocenters. The molecule has 15 nitrogen and oxygen atoms in total. The van der Waals surface area contributed by atoms with Crippen LogP contribution in [0.2, 0.25) is 5.02 Å². The summed E-state index contributed by atoms with van der Waals surface area (Å²) in [4.78, 5) is 46.2. The number of carbonyl (C=O) groups excluding carboxylic acids is 3. The lowest BCUT2D eigenvalue weighted by Gasteiger charge is -2.30.